The molecule has 12 heteroatoms. The van der Waals surface area contributed by atoms with Gasteiger partial charge in [-0.1, -0.05) is 23.7 Å². The van der Waals surface area contributed by atoms with Gasteiger partial charge in [-0.05, 0) is 19.1 Å². The zero-order valence-corrected chi connectivity index (χ0v) is 14.2. The van der Waals surface area contributed by atoms with E-state index in [1.54, 1.807) is 0 Å². The smallest absolute Gasteiger partial charge is 0.315 e. The van der Waals surface area contributed by atoms with Gasteiger partial charge in [-0.2, -0.15) is 18.3 Å². The van der Waals surface area contributed by atoms with Crippen LogP contribution in [0.4, 0.5) is 24.5 Å². The monoisotopic (exact) mass is 399 g/mol. The standard InChI is InChI=1S/C15H9ClF3N5O3/c1-7-6-10(15(17,18)19)23-13(20-7)11(16)12(22-23)14(25)21-8-4-2-3-5-9(8)24(26)27/h2-6H,1H3,(H,21,25). The quantitative estimate of drug-likeness (QED) is 0.532. The molecule has 0 radical (unpaired) electrons. The highest BCUT2D eigenvalue weighted by Crippen LogP contribution is 2.32. The number of para-hydroxylation sites is 2. The number of nitrogens with one attached hydrogen (secondary N) is 1. The fourth-order valence-electron chi connectivity index (χ4n) is 2.38. The molecule has 0 bridgehead atoms. The summed E-state index contributed by atoms with van der Waals surface area (Å²) in [7, 11) is 0. The molecule has 0 aliphatic heterocycles. The molecule has 1 amide bonds. The summed E-state index contributed by atoms with van der Waals surface area (Å²) in [6.07, 6.45) is -4.76. The molecule has 3 rings (SSSR count). The first kappa shape index (κ1) is 18.6. The lowest BCUT2D eigenvalue weighted by atomic mass is 10.2. The maximum atomic E-state index is 13.2. The summed E-state index contributed by atoms with van der Waals surface area (Å²) < 4.78 is 40.1. The second kappa shape index (κ2) is 6.50. The highest BCUT2D eigenvalue weighted by atomic mass is 35.5. The van der Waals surface area contributed by atoms with E-state index < -0.39 is 39.1 Å². The number of aromatic nitrogens is 3. The number of nitro groups is 1. The van der Waals surface area contributed by atoms with Crippen LogP contribution >= 0.6 is 11.6 Å². The number of carbonyl (C=O) groups excluding carboxylic acids is 1. The number of halogens is 4. The van der Waals surface area contributed by atoms with E-state index in [1.807, 2.05) is 0 Å². The number of carbonyl (C=O) groups is 1. The molecule has 0 aliphatic carbocycles. The molecule has 2 heterocycles. The van der Waals surface area contributed by atoms with Gasteiger partial charge in [-0.15, -0.1) is 0 Å². The molecule has 3 aromatic rings. The van der Waals surface area contributed by atoms with Gasteiger partial charge in [0.05, 0.1) is 4.92 Å². The number of nitrogens with zero attached hydrogens (tertiary/aromatic N) is 4. The average molecular weight is 400 g/mol. The molecule has 0 aliphatic rings. The van der Waals surface area contributed by atoms with E-state index in [-0.39, 0.29) is 17.0 Å². The lowest BCUT2D eigenvalue weighted by molar-refractivity contribution is -0.383. The van der Waals surface area contributed by atoms with Crippen LogP contribution in [-0.4, -0.2) is 25.4 Å². The molecular formula is C15H9ClF3N5O3. The molecule has 2 aromatic heterocycles. The van der Waals surface area contributed by atoms with Crippen molar-refractivity contribution in [3.63, 3.8) is 0 Å². The van der Waals surface area contributed by atoms with Crippen molar-refractivity contribution in [2.45, 2.75) is 13.1 Å². The molecule has 1 N–H and O–H groups in total. The minimum atomic E-state index is -4.76. The summed E-state index contributed by atoms with van der Waals surface area (Å²) in [4.78, 5) is 26.6. The Morgan fingerprint density at radius 2 is 2.00 bits per heavy atom. The van der Waals surface area contributed by atoms with E-state index in [0.29, 0.717) is 4.52 Å². The first-order valence-corrected chi connectivity index (χ1v) is 7.65. The van der Waals surface area contributed by atoms with Gasteiger partial charge in [-0.25, -0.2) is 9.50 Å². The lowest BCUT2D eigenvalue weighted by Crippen LogP contribution is -2.16. The third kappa shape index (κ3) is 3.40. The van der Waals surface area contributed by atoms with Gasteiger partial charge in [0.2, 0.25) is 0 Å². The van der Waals surface area contributed by atoms with Crippen LogP contribution in [0.25, 0.3) is 5.65 Å². The molecule has 0 atom stereocenters. The zero-order chi connectivity index (χ0) is 19.9. The maximum absolute atomic E-state index is 13.2. The normalized spacial score (nSPS) is 11.6. The molecule has 0 unspecified atom stereocenters. The summed E-state index contributed by atoms with van der Waals surface area (Å²) in [5, 5.41) is 16.5. The van der Waals surface area contributed by atoms with Crippen LogP contribution in [-0.2, 0) is 6.18 Å². The van der Waals surface area contributed by atoms with E-state index in [9.17, 15) is 28.1 Å². The highest BCUT2D eigenvalue weighted by Gasteiger charge is 2.36. The molecule has 0 fully saturated rings. The first-order valence-electron chi connectivity index (χ1n) is 7.27. The number of hydrogen-bond donors (Lipinski definition) is 1. The fourth-order valence-corrected chi connectivity index (χ4v) is 2.63. The number of nitro benzene ring substituents is 1. The van der Waals surface area contributed by atoms with Gasteiger partial charge in [0.1, 0.15) is 16.4 Å². The van der Waals surface area contributed by atoms with Crippen molar-refractivity contribution >= 4 is 34.5 Å². The maximum Gasteiger partial charge on any atom is 0.433 e. The average Bonchev–Trinajstić information content (AvgIpc) is 2.90. The van der Waals surface area contributed by atoms with E-state index in [1.165, 1.54) is 25.1 Å². The van der Waals surface area contributed by atoms with Crippen molar-refractivity contribution < 1.29 is 22.9 Å². The molecule has 0 saturated carbocycles. The molecule has 140 valence electrons. The summed E-state index contributed by atoms with van der Waals surface area (Å²) in [6, 6.07) is 6.03. The van der Waals surface area contributed by atoms with Crippen molar-refractivity contribution in [1.82, 2.24) is 14.6 Å². The van der Waals surface area contributed by atoms with Gasteiger partial charge in [0.15, 0.2) is 11.3 Å². The Morgan fingerprint density at radius 1 is 1.33 bits per heavy atom. The van der Waals surface area contributed by atoms with Crippen molar-refractivity contribution in [3.8, 4) is 0 Å². The van der Waals surface area contributed by atoms with Crippen LogP contribution in [0.1, 0.15) is 21.9 Å². The van der Waals surface area contributed by atoms with Crippen LogP contribution in [0.15, 0.2) is 30.3 Å². The van der Waals surface area contributed by atoms with Crippen LogP contribution in [0.3, 0.4) is 0 Å². The van der Waals surface area contributed by atoms with Crippen molar-refractivity contribution in [2.75, 3.05) is 5.32 Å². The Labute approximate surface area is 153 Å². The van der Waals surface area contributed by atoms with E-state index in [2.05, 4.69) is 15.4 Å². The van der Waals surface area contributed by atoms with Gasteiger partial charge >= 0.3 is 6.18 Å². The third-order valence-electron chi connectivity index (χ3n) is 3.52. The number of amides is 1. The number of benzene rings is 1. The van der Waals surface area contributed by atoms with E-state index in [0.717, 1.165) is 12.1 Å². The van der Waals surface area contributed by atoms with E-state index in [4.69, 9.17) is 11.6 Å². The first-order chi connectivity index (χ1) is 12.6. The summed E-state index contributed by atoms with van der Waals surface area (Å²) in [5.74, 6) is -1.01. The van der Waals surface area contributed by atoms with Crippen molar-refractivity contribution in [2.24, 2.45) is 0 Å². The van der Waals surface area contributed by atoms with Crippen LogP contribution < -0.4 is 5.32 Å². The number of rotatable bonds is 3. The summed E-state index contributed by atoms with van der Waals surface area (Å²) in [6.45, 7) is 1.34. The predicted molar refractivity (Wildman–Crippen MR) is 88.8 cm³/mol. The van der Waals surface area contributed by atoms with Gasteiger partial charge in [0.25, 0.3) is 11.6 Å². The van der Waals surface area contributed by atoms with Crippen LogP contribution in [0.5, 0.6) is 0 Å². The van der Waals surface area contributed by atoms with E-state index >= 15 is 0 Å². The molecule has 27 heavy (non-hydrogen) atoms. The topological polar surface area (TPSA) is 102 Å². The van der Waals surface area contributed by atoms with Crippen LogP contribution in [0, 0.1) is 17.0 Å². The van der Waals surface area contributed by atoms with Crippen molar-refractivity contribution in [1.29, 1.82) is 0 Å². The second-order valence-corrected chi connectivity index (χ2v) is 5.78. The number of fused-ring (bicyclic) bond motifs is 1. The minimum Gasteiger partial charge on any atom is -0.315 e. The number of hydrogen-bond acceptors (Lipinski definition) is 5. The highest BCUT2D eigenvalue weighted by molar-refractivity contribution is 6.37. The SMILES string of the molecule is Cc1cc(C(F)(F)F)n2nc(C(=O)Nc3ccccc3[N+](=O)[O-])c(Cl)c2n1. The minimum absolute atomic E-state index is 0.0299. The molecular weight excluding hydrogens is 391 g/mol. The predicted octanol–water partition coefficient (Wildman–Crippen LogP) is 3.87. The molecule has 1 aromatic carbocycles. The summed E-state index contributed by atoms with van der Waals surface area (Å²) in [5.41, 5.74) is -2.56. The zero-order valence-electron chi connectivity index (χ0n) is 13.4. The van der Waals surface area contributed by atoms with Gasteiger partial charge in [0, 0.05) is 11.8 Å². The lowest BCUT2D eigenvalue weighted by Gasteiger charge is -2.09. The number of aryl methyl sites for hydroxylation is 1. The Morgan fingerprint density at radius 3 is 2.63 bits per heavy atom. The second-order valence-electron chi connectivity index (χ2n) is 5.41. The molecule has 0 saturated heterocycles. The van der Waals surface area contributed by atoms with Crippen LogP contribution in [0.2, 0.25) is 5.02 Å². The molecule has 8 nitrogen and oxygen atoms in total. The Bertz CT molecular complexity index is 1080. The third-order valence-corrected chi connectivity index (χ3v) is 3.86. The number of alkyl halides is 3. The Balaban J connectivity index is 2.09. The largest absolute Gasteiger partial charge is 0.433 e. The van der Waals surface area contributed by atoms with Crippen molar-refractivity contribution in [3.05, 3.63) is 62.6 Å². The summed E-state index contributed by atoms with van der Waals surface area (Å²) >= 11 is 6.01. The fraction of sp³-hybridized carbons (Fsp3) is 0.133. The molecule has 0 spiro atoms. The number of anilines is 1. The Hall–Kier alpha value is -3.21. The Kier molecular flexibility index (Phi) is 4.47. The van der Waals surface area contributed by atoms with Gasteiger partial charge < -0.3 is 5.32 Å². The van der Waals surface area contributed by atoms with Gasteiger partial charge in [-0.3, -0.25) is 14.9 Å².